The summed E-state index contributed by atoms with van der Waals surface area (Å²) in [7, 11) is 0. The molecule has 3 aliphatic carbocycles. The number of hydrogen-bond acceptors (Lipinski definition) is 3. The number of amides is 2. The lowest BCUT2D eigenvalue weighted by Gasteiger charge is -2.15. The fourth-order valence-corrected chi connectivity index (χ4v) is 4.49. The Morgan fingerprint density at radius 1 is 1.20 bits per heavy atom. The quantitative estimate of drug-likeness (QED) is 0.641. The average molecular weight is 280 g/mol. The first kappa shape index (κ1) is 13.4. The number of primary amides is 1. The van der Waals surface area contributed by atoms with E-state index in [1.807, 2.05) is 0 Å². The molecule has 6 nitrogen and oxygen atoms in total. The van der Waals surface area contributed by atoms with Gasteiger partial charge in [-0.15, -0.1) is 0 Å². The molecule has 2 amide bonds. The van der Waals surface area contributed by atoms with Crippen molar-refractivity contribution in [1.29, 1.82) is 0 Å². The second-order valence-corrected chi connectivity index (χ2v) is 6.42. The molecule has 0 heterocycles. The molecular weight excluding hydrogens is 260 g/mol. The van der Waals surface area contributed by atoms with Crippen molar-refractivity contribution in [1.82, 2.24) is 5.32 Å². The van der Waals surface area contributed by atoms with Crippen LogP contribution in [-0.4, -0.2) is 28.9 Å². The molecule has 3 saturated carbocycles. The molecule has 0 radical (unpaired) electrons. The fraction of sp³-hybridized carbons (Fsp3) is 0.786. The van der Waals surface area contributed by atoms with Crippen LogP contribution in [-0.2, 0) is 14.4 Å². The predicted molar refractivity (Wildman–Crippen MR) is 69.3 cm³/mol. The van der Waals surface area contributed by atoms with Crippen LogP contribution >= 0.6 is 0 Å². The number of hydrogen-bond donors (Lipinski definition) is 3. The normalized spacial score (nSPS) is 38.1. The molecule has 110 valence electrons. The second kappa shape index (κ2) is 4.75. The van der Waals surface area contributed by atoms with Crippen LogP contribution in [0.1, 0.15) is 32.1 Å². The van der Waals surface area contributed by atoms with E-state index >= 15 is 0 Å². The number of fused-ring (bicyclic) bond motifs is 5. The molecule has 0 aromatic carbocycles. The topological polar surface area (TPSA) is 109 Å². The molecule has 5 atom stereocenters. The maximum Gasteiger partial charge on any atom is 0.326 e. The molecule has 20 heavy (non-hydrogen) atoms. The molecule has 6 heteroatoms. The molecule has 0 aromatic heterocycles. The third kappa shape index (κ3) is 2.17. The number of carboxylic acids is 1. The summed E-state index contributed by atoms with van der Waals surface area (Å²) in [6, 6.07) is -1.01. The van der Waals surface area contributed by atoms with Crippen molar-refractivity contribution >= 4 is 17.8 Å². The van der Waals surface area contributed by atoms with Crippen LogP contribution in [0.4, 0.5) is 0 Å². The van der Waals surface area contributed by atoms with E-state index in [0.29, 0.717) is 23.7 Å². The van der Waals surface area contributed by atoms with Crippen molar-refractivity contribution in [3.05, 3.63) is 0 Å². The molecular formula is C14H20N2O4. The number of aliphatic carboxylic acids is 1. The summed E-state index contributed by atoms with van der Waals surface area (Å²) in [5.41, 5.74) is 5.02. The molecule has 0 aromatic rings. The van der Waals surface area contributed by atoms with Gasteiger partial charge in [0, 0.05) is 12.3 Å². The van der Waals surface area contributed by atoms with Crippen LogP contribution in [0.15, 0.2) is 0 Å². The minimum absolute atomic E-state index is 0.0108. The van der Waals surface area contributed by atoms with E-state index in [1.165, 1.54) is 19.3 Å². The monoisotopic (exact) mass is 280 g/mol. The molecule has 0 aliphatic heterocycles. The van der Waals surface area contributed by atoms with Gasteiger partial charge in [-0.2, -0.15) is 0 Å². The van der Waals surface area contributed by atoms with Crippen LogP contribution in [0.25, 0.3) is 0 Å². The number of nitrogens with two attached hydrogens (primary N) is 1. The molecule has 3 fully saturated rings. The maximum atomic E-state index is 12.2. The van der Waals surface area contributed by atoms with Crippen LogP contribution in [0.5, 0.6) is 0 Å². The van der Waals surface area contributed by atoms with E-state index in [0.717, 1.165) is 0 Å². The van der Waals surface area contributed by atoms with E-state index in [-0.39, 0.29) is 24.7 Å². The first-order valence-corrected chi connectivity index (χ1v) is 7.30. The zero-order chi connectivity index (χ0) is 14.4. The van der Waals surface area contributed by atoms with E-state index in [1.54, 1.807) is 0 Å². The van der Waals surface area contributed by atoms with Crippen molar-refractivity contribution in [2.24, 2.45) is 35.3 Å². The largest absolute Gasteiger partial charge is 0.480 e. The first-order chi connectivity index (χ1) is 9.49. The summed E-state index contributed by atoms with van der Waals surface area (Å²) in [5, 5.41) is 11.7. The molecule has 0 saturated heterocycles. The van der Waals surface area contributed by atoms with Crippen LogP contribution in [0, 0.1) is 29.6 Å². The van der Waals surface area contributed by atoms with Crippen LogP contribution in [0.2, 0.25) is 0 Å². The van der Waals surface area contributed by atoms with Gasteiger partial charge >= 0.3 is 5.97 Å². The third-order valence-corrected chi connectivity index (χ3v) is 5.33. The number of carbonyl (C=O) groups excluding carboxylic acids is 2. The van der Waals surface area contributed by atoms with Crippen molar-refractivity contribution in [3.8, 4) is 0 Å². The Morgan fingerprint density at radius 2 is 1.80 bits per heavy atom. The zero-order valence-corrected chi connectivity index (χ0v) is 11.2. The minimum atomic E-state index is -1.10. The van der Waals surface area contributed by atoms with Crippen LogP contribution in [0.3, 0.4) is 0 Å². The zero-order valence-electron chi connectivity index (χ0n) is 11.2. The Morgan fingerprint density at radius 3 is 2.30 bits per heavy atom. The lowest BCUT2D eigenvalue weighted by atomic mass is 10.0. The smallest absolute Gasteiger partial charge is 0.326 e. The molecule has 3 rings (SSSR count). The van der Waals surface area contributed by atoms with Crippen molar-refractivity contribution in [2.45, 2.75) is 38.1 Å². The second-order valence-electron chi connectivity index (χ2n) is 6.42. The predicted octanol–water partition coefficient (Wildman–Crippen LogP) is 0.113. The van der Waals surface area contributed by atoms with Crippen molar-refractivity contribution in [2.75, 3.05) is 0 Å². The molecule has 2 bridgehead atoms. The van der Waals surface area contributed by atoms with Gasteiger partial charge in [-0.05, 0) is 49.4 Å². The lowest BCUT2D eigenvalue weighted by Crippen LogP contribution is -2.42. The van der Waals surface area contributed by atoms with Gasteiger partial charge in [0.15, 0.2) is 0 Å². The number of rotatable bonds is 6. The summed E-state index contributed by atoms with van der Waals surface area (Å²) in [4.78, 5) is 34.0. The standard InChI is InChI=1S/C14H20N2O4/c15-9(17)4-3-8(14(19)20)16-13(18)12-10-6-1-2-7(5-6)11(10)12/h6-8,10-12H,1-5H2,(H2,15,17)(H,16,18)(H,19,20)/t6?,7?,8-,10?,11?,12?/m0/s1. The number of carboxylic acid groups (broad SMARTS) is 1. The summed E-state index contributed by atoms with van der Waals surface area (Å²) < 4.78 is 0. The van der Waals surface area contributed by atoms with Gasteiger partial charge in [0.25, 0.3) is 0 Å². The Labute approximate surface area is 117 Å². The van der Waals surface area contributed by atoms with E-state index in [4.69, 9.17) is 10.8 Å². The summed E-state index contributed by atoms with van der Waals surface area (Å²) in [6.07, 6.45) is 3.73. The third-order valence-electron chi connectivity index (χ3n) is 5.33. The van der Waals surface area contributed by atoms with Gasteiger partial charge < -0.3 is 16.2 Å². The molecule has 0 spiro atoms. The minimum Gasteiger partial charge on any atom is -0.480 e. The summed E-state index contributed by atoms with van der Waals surface area (Å²) in [5.74, 6) is 0.535. The van der Waals surface area contributed by atoms with Crippen molar-refractivity contribution in [3.63, 3.8) is 0 Å². The number of carbonyl (C=O) groups is 3. The Balaban J connectivity index is 1.55. The van der Waals surface area contributed by atoms with Gasteiger partial charge in [-0.1, -0.05) is 0 Å². The highest BCUT2D eigenvalue weighted by Gasteiger charge is 2.67. The van der Waals surface area contributed by atoms with Gasteiger partial charge in [-0.3, -0.25) is 9.59 Å². The number of nitrogens with one attached hydrogen (secondary N) is 1. The molecule has 4 unspecified atom stereocenters. The maximum absolute atomic E-state index is 12.2. The van der Waals surface area contributed by atoms with Crippen molar-refractivity contribution < 1.29 is 19.5 Å². The summed E-state index contributed by atoms with van der Waals surface area (Å²) >= 11 is 0. The van der Waals surface area contributed by atoms with E-state index in [2.05, 4.69) is 5.32 Å². The Hall–Kier alpha value is -1.59. The van der Waals surface area contributed by atoms with Gasteiger partial charge in [-0.25, -0.2) is 4.79 Å². The SMILES string of the molecule is NC(=O)CC[C@H](NC(=O)C1C2C3CCC(C3)C12)C(=O)O. The Kier molecular flexibility index (Phi) is 3.18. The highest BCUT2D eigenvalue weighted by Crippen LogP contribution is 2.69. The Bertz CT molecular complexity index is 448. The molecule has 3 aliphatic rings. The highest BCUT2D eigenvalue weighted by atomic mass is 16.4. The van der Waals surface area contributed by atoms with Gasteiger partial charge in [0.2, 0.25) is 11.8 Å². The highest BCUT2D eigenvalue weighted by molar-refractivity contribution is 5.87. The molecule has 4 N–H and O–H groups in total. The fourth-order valence-electron chi connectivity index (χ4n) is 4.49. The van der Waals surface area contributed by atoms with Crippen LogP contribution < -0.4 is 11.1 Å². The average Bonchev–Trinajstić information content (AvgIpc) is 2.82. The van der Waals surface area contributed by atoms with E-state index in [9.17, 15) is 14.4 Å². The first-order valence-electron chi connectivity index (χ1n) is 7.30. The van der Waals surface area contributed by atoms with Gasteiger partial charge in [0.1, 0.15) is 6.04 Å². The summed E-state index contributed by atoms with van der Waals surface area (Å²) in [6.45, 7) is 0. The van der Waals surface area contributed by atoms with Gasteiger partial charge in [0.05, 0.1) is 0 Å². The van der Waals surface area contributed by atoms with E-state index < -0.39 is 17.9 Å². The lowest BCUT2D eigenvalue weighted by molar-refractivity contribution is -0.142.